The number of benzene rings is 3. The lowest BCUT2D eigenvalue weighted by Crippen LogP contribution is -2.15. The van der Waals surface area contributed by atoms with Crippen molar-refractivity contribution in [1.82, 2.24) is 0 Å². The molecule has 8 heteroatoms. The van der Waals surface area contributed by atoms with Gasteiger partial charge in [-0.25, -0.2) is 8.42 Å². The molecule has 3 aromatic carbocycles. The van der Waals surface area contributed by atoms with Crippen LogP contribution < -0.4 is 10.0 Å². The fraction of sp³-hybridized carbons (Fsp3) is 0.136. The molecule has 0 radical (unpaired) electrons. The van der Waals surface area contributed by atoms with E-state index in [1.165, 1.54) is 12.1 Å². The van der Waals surface area contributed by atoms with Crippen molar-refractivity contribution >= 4 is 50.7 Å². The van der Waals surface area contributed by atoms with Crippen molar-refractivity contribution in [2.45, 2.75) is 23.6 Å². The van der Waals surface area contributed by atoms with Gasteiger partial charge in [0.1, 0.15) is 0 Å². The molecular weight excluding hydrogens is 440 g/mol. The predicted molar refractivity (Wildman–Crippen MR) is 124 cm³/mol. The molecule has 0 aliphatic rings. The molecule has 30 heavy (non-hydrogen) atoms. The lowest BCUT2D eigenvalue weighted by atomic mass is 10.2. The molecule has 0 aliphatic carbocycles. The number of nitrogens with one attached hydrogen (secondary N) is 2. The molecule has 0 heterocycles. The van der Waals surface area contributed by atoms with E-state index in [1.807, 2.05) is 25.1 Å². The molecule has 3 aromatic rings. The average Bonchev–Trinajstić information content (AvgIpc) is 2.71. The first-order valence-electron chi connectivity index (χ1n) is 9.22. The average molecular weight is 461 g/mol. The van der Waals surface area contributed by atoms with Gasteiger partial charge >= 0.3 is 0 Å². The molecule has 0 spiro atoms. The van der Waals surface area contributed by atoms with Crippen molar-refractivity contribution in [3.05, 3.63) is 82.9 Å². The van der Waals surface area contributed by atoms with Crippen LogP contribution in [0.4, 0.5) is 11.4 Å². The predicted octanol–water partition coefficient (Wildman–Crippen LogP) is 5.81. The monoisotopic (exact) mass is 460 g/mol. The van der Waals surface area contributed by atoms with Crippen molar-refractivity contribution in [3.8, 4) is 0 Å². The Kier molecular flexibility index (Phi) is 7.07. The Morgan fingerprint density at radius 2 is 1.73 bits per heavy atom. The largest absolute Gasteiger partial charge is 0.322 e. The zero-order valence-corrected chi connectivity index (χ0v) is 18.9. The van der Waals surface area contributed by atoms with Crippen molar-refractivity contribution in [3.63, 3.8) is 0 Å². The molecule has 0 aromatic heterocycles. The van der Waals surface area contributed by atoms with Gasteiger partial charge < -0.3 is 5.32 Å². The lowest BCUT2D eigenvalue weighted by Gasteiger charge is -2.12. The summed E-state index contributed by atoms with van der Waals surface area (Å²) >= 11 is 7.56. The summed E-state index contributed by atoms with van der Waals surface area (Å²) in [6.07, 6.45) is 0. The first-order valence-corrected chi connectivity index (χ1v) is 12.1. The van der Waals surface area contributed by atoms with Crippen LogP contribution in [-0.4, -0.2) is 20.1 Å². The highest BCUT2D eigenvalue weighted by Crippen LogP contribution is 2.25. The summed E-state index contributed by atoms with van der Waals surface area (Å²) in [7, 11) is -3.79. The van der Waals surface area contributed by atoms with E-state index in [4.69, 9.17) is 11.6 Å². The molecule has 0 aliphatic heterocycles. The Bertz CT molecular complexity index is 1160. The Hall–Kier alpha value is -2.48. The summed E-state index contributed by atoms with van der Waals surface area (Å²) < 4.78 is 27.9. The van der Waals surface area contributed by atoms with Gasteiger partial charge in [-0.15, -0.1) is 11.8 Å². The molecule has 0 saturated heterocycles. The number of anilines is 2. The highest BCUT2D eigenvalue weighted by Gasteiger charge is 2.16. The second kappa shape index (κ2) is 9.55. The Morgan fingerprint density at radius 1 is 1.03 bits per heavy atom. The topological polar surface area (TPSA) is 75.3 Å². The third-order valence-corrected chi connectivity index (χ3v) is 6.87. The molecule has 5 nitrogen and oxygen atoms in total. The molecule has 0 unspecified atom stereocenters. The normalized spacial score (nSPS) is 11.2. The third-order valence-electron chi connectivity index (χ3n) is 4.30. The zero-order chi connectivity index (χ0) is 21.7. The fourth-order valence-electron chi connectivity index (χ4n) is 2.76. The molecule has 0 fully saturated rings. The summed E-state index contributed by atoms with van der Waals surface area (Å²) in [5, 5.41) is 3.26. The van der Waals surface area contributed by atoms with Crippen LogP contribution in [0, 0.1) is 6.92 Å². The van der Waals surface area contributed by atoms with E-state index in [9.17, 15) is 13.2 Å². The van der Waals surface area contributed by atoms with Gasteiger partial charge in [0.05, 0.1) is 16.1 Å². The summed E-state index contributed by atoms with van der Waals surface area (Å²) in [5.74, 6) is 0.616. The van der Waals surface area contributed by atoms with Gasteiger partial charge in [-0.2, -0.15) is 0 Å². The smallest absolute Gasteiger partial charge is 0.261 e. The zero-order valence-electron chi connectivity index (χ0n) is 16.5. The summed E-state index contributed by atoms with van der Waals surface area (Å²) in [4.78, 5) is 13.6. The van der Waals surface area contributed by atoms with E-state index >= 15 is 0 Å². The Labute approximate surface area is 185 Å². The number of aryl methyl sites for hydroxylation is 1. The van der Waals surface area contributed by atoms with Crippen LogP contribution in [0.1, 0.15) is 22.8 Å². The molecule has 0 bridgehead atoms. The van der Waals surface area contributed by atoms with E-state index in [-0.39, 0.29) is 10.8 Å². The second-order valence-electron chi connectivity index (χ2n) is 6.47. The lowest BCUT2D eigenvalue weighted by molar-refractivity contribution is 0.102. The minimum Gasteiger partial charge on any atom is -0.322 e. The summed E-state index contributed by atoms with van der Waals surface area (Å²) in [6, 6.07) is 18.4. The highest BCUT2D eigenvalue weighted by atomic mass is 35.5. The minimum atomic E-state index is -3.79. The van der Waals surface area contributed by atoms with Crippen molar-refractivity contribution in [2.75, 3.05) is 15.8 Å². The van der Waals surface area contributed by atoms with Crippen LogP contribution in [0.3, 0.4) is 0 Å². The number of rotatable bonds is 7. The number of amides is 1. The van der Waals surface area contributed by atoms with Crippen molar-refractivity contribution < 1.29 is 13.2 Å². The quantitative estimate of drug-likeness (QED) is 0.436. The SMILES string of the molecule is CCSc1ccccc1C(=O)Nc1ccc(S(=O)(=O)Nc2cc(Cl)ccc2C)cc1. The van der Waals surface area contributed by atoms with E-state index in [2.05, 4.69) is 10.0 Å². The number of sulfonamides is 1. The number of carbonyl (C=O) groups is 1. The van der Waals surface area contributed by atoms with E-state index in [0.29, 0.717) is 22.0 Å². The molecule has 0 saturated carbocycles. The Morgan fingerprint density at radius 3 is 2.43 bits per heavy atom. The van der Waals surface area contributed by atoms with Gasteiger partial charge in [0, 0.05) is 15.6 Å². The number of hydrogen-bond acceptors (Lipinski definition) is 4. The van der Waals surface area contributed by atoms with Crippen LogP contribution in [0.15, 0.2) is 76.5 Å². The van der Waals surface area contributed by atoms with Crippen molar-refractivity contribution in [1.29, 1.82) is 0 Å². The highest BCUT2D eigenvalue weighted by molar-refractivity contribution is 7.99. The van der Waals surface area contributed by atoms with E-state index < -0.39 is 10.0 Å². The number of hydrogen-bond donors (Lipinski definition) is 2. The van der Waals surface area contributed by atoms with Crippen molar-refractivity contribution in [2.24, 2.45) is 0 Å². The third kappa shape index (κ3) is 5.36. The minimum absolute atomic E-state index is 0.0850. The summed E-state index contributed by atoms with van der Waals surface area (Å²) in [5.41, 5.74) is 2.27. The second-order valence-corrected chi connectivity index (χ2v) is 9.90. The molecular formula is C22H21ClN2O3S2. The molecule has 1 amide bonds. The standard InChI is InChI=1S/C22H21ClN2O3S2/c1-3-29-21-7-5-4-6-19(21)22(26)24-17-10-12-18(13-11-17)30(27,28)25-20-14-16(23)9-8-15(20)2/h4-14,25H,3H2,1-2H3,(H,24,26). The Balaban J connectivity index is 1.76. The van der Waals surface area contributed by atoms with E-state index in [0.717, 1.165) is 16.2 Å². The van der Waals surface area contributed by atoms with E-state index in [1.54, 1.807) is 55.1 Å². The molecule has 156 valence electrons. The number of halogens is 1. The fourth-order valence-corrected chi connectivity index (χ4v) is 4.86. The van der Waals surface area contributed by atoms with Gasteiger partial charge in [-0.3, -0.25) is 9.52 Å². The van der Waals surface area contributed by atoms with Gasteiger partial charge in [0.2, 0.25) is 0 Å². The molecule has 3 rings (SSSR count). The van der Waals surface area contributed by atoms with Crippen LogP contribution in [0.2, 0.25) is 5.02 Å². The van der Waals surface area contributed by atoms with Crippen LogP contribution >= 0.6 is 23.4 Å². The first-order chi connectivity index (χ1) is 14.3. The number of thioether (sulfide) groups is 1. The maximum Gasteiger partial charge on any atom is 0.261 e. The molecule has 2 N–H and O–H groups in total. The summed E-state index contributed by atoms with van der Waals surface area (Å²) in [6.45, 7) is 3.82. The number of carbonyl (C=O) groups excluding carboxylic acids is 1. The van der Waals surface area contributed by atoms with Gasteiger partial charge in [-0.05, 0) is 66.8 Å². The molecule has 0 atom stereocenters. The van der Waals surface area contributed by atoms with Crippen LogP contribution in [0.25, 0.3) is 0 Å². The van der Waals surface area contributed by atoms with Crippen LogP contribution in [-0.2, 0) is 10.0 Å². The van der Waals surface area contributed by atoms with Crippen LogP contribution in [0.5, 0.6) is 0 Å². The first kappa shape index (κ1) is 22.2. The van der Waals surface area contributed by atoms with Gasteiger partial charge in [-0.1, -0.05) is 36.7 Å². The van der Waals surface area contributed by atoms with Gasteiger partial charge in [0.25, 0.3) is 15.9 Å². The maximum absolute atomic E-state index is 12.7. The van der Waals surface area contributed by atoms with Gasteiger partial charge in [0.15, 0.2) is 0 Å². The maximum atomic E-state index is 12.7.